The van der Waals surface area contributed by atoms with Crippen molar-refractivity contribution in [1.82, 2.24) is 0 Å². The summed E-state index contributed by atoms with van der Waals surface area (Å²) >= 11 is 0.414. The van der Waals surface area contributed by atoms with Crippen molar-refractivity contribution < 1.29 is 79.1 Å². The predicted octanol–water partition coefficient (Wildman–Crippen LogP) is -1.08. The lowest BCUT2D eigenvalue weighted by atomic mass is 10.1. The second-order valence-corrected chi connectivity index (χ2v) is 12.1. The van der Waals surface area contributed by atoms with Crippen LogP contribution in [0, 0.1) is 36.2 Å². The monoisotopic (exact) mass is 764 g/mol. The Balaban J connectivity index is 0.000000163. The maximum Gasteiger partial charge on any atom is 0.310 e. The summed E-state index contributed by atoms with van der Waals surface area (Å²) in [5.41, 5.74) is 0. The van der Waals surface area contributed by atoms with Gasteiger partial charge in [0, 0.05) is 10.8 Å². The van der Waals surface area contributed by atoms with Crippen LogP contribution in [0.1, 0.15) is 0 Å². The fraction of sp³-hybridized carbons (Fsp3) is 0.0714. The van der Waals surface area contributed by atoms with Crippen LogP contribution in [-0.4, -0.2) is 17.2 Å². The summed E-state index contributed by atoms with van der Waals surface area (Å²) in [7, 11) is -3.20. The Morgan fingerprint density at radius 2 is 0.897 bits per heavy atom. The van der Waals surface area contributed by atoms with E-state index in [-0.39, 0.29) is 42.4 Å². The molecule has 0 radical (unpaired) electrons. The van der Waals surface area contributed by atoms with E-state index in [0.717, 1.165) is 0 Å². The third-order valence-corrected chi connectivity index (χ3v) is 9.47. The molecule has 39 heavy (non-hydrogen) atoms. The Labute approximate surface area is 243 Å². The van der Waals surface area contributed by atoms with Gasteiger partial charge in [-0.05, 0) is 35.0 Å². The van der Waals surface area contributed by atoms with Crippen molar-refractivity contribution in [2.45, 2.75) is 0 Å². The SMILES string of the molecule is C[I+]c1cccc2ccccc12.C[I+]c1cccc2ccccc12.[O-]B([O-])Oc1c(F)c(F)c(F)c(F)c1F. The first-order valence-corrected chi connectivity index (χ1v) is 17.6. The predicted molar refractivity (Wildman–Crippen MR) is 130 cm³/mol. The largest absolute Gasteiger partial charge is 0.860 e. The number of hydrogen-bond donors (Lipinski definition) is 0. The maximum atomic E-state index is 12.6. The third kappa shape index (κ3) is 7.80. The number of rotatable bonds is 4. The molecule has 0 unspecified atom stereocenters. The lowest BCUT2D eigenvalue weighted by Crippen LogP contribution is -3.60. The molecule has 0 saturated heterocycles. The van der Waals surface area contributed by atoms with E-state index in [4.69, 9.17) is 0 Å². The second kappa shape index (κ2) is 14.8. The van der Waals surface area contributed by atoms with Gasteiger partial charge < -0.3 is 14.7 Å². The normalized spacial score (nSPS) is 10.4. The number of fused-ring (bicyclic) bond motifs is 2. The minimum atomic E-state index is -3.20. The van der Waals surface area contributed by atoms with E-state index < -0.39 is 42.2 Å². The van der Waals surface area contributed by atoms with Crippen molar-refractivity contribution in [3.05, 3.63) is 121 Å². The van der Waals surface area contributed by atoms with Gasteiger partial charge in [0.05, 0.1) is 0 Å². The topological polar surface area (TPSA) is 55.3 Å². The molecule has 0 amide bonds. The van der Waals surface area contributed by atoms with E-state index in [1.807, 2.05) is 0 Å². The zero-order chi connectivity index (χ0) is 28.5. The Morgan fingerprint density at radius 3 is 1.28 bits per heavy atom. The van der Waals surface area contributed by atoms with Crippen LogP contribution < -0.4 is 57.1 Å². The van der Waals surface area contributed by atoms with Crippen molar-refractivity contribution in [3.8, 4) is 5.75 Å². The average Bonchev–Trinajstić information content (AvgIpc) is 2.97. The molecular weight excluding hydrogens is 744 g/mol. The van der Waals surface area contributed by atoms with Crippen LogP contribution in [0.25, 0.3) is 21.5 Å². The molecule has 5 aromatic rings. The molecule has 0 aliphatic heterocycles. The van der Waals surface area contributed by atoms with E-state index in [9.17, 15) is 32.0 Å². The number of benzene rings is 5. The first kappa shape index (κ1) is 31.0. The van der Waals surface area contributed by atoms with Gasteiger partial charge in [-0.1, -0.05) is 60.7 Å². The molecule has 0 aromatic heterocycles. The molecule has 0 N–H and O–H groups in total. The molecular formula is C28H20BF5I2O3. The molecule has 0 fully saturated rings. The summed E-state index contributed by atoms with van der Waals surface area (Å²) in [5.74, 6) is -13.6. The van der Waals surface area contributed by atoms with E-state index in [1.165, 1.54) is 21.5 Å². The summed E-state index contributed by atoms with van der Waals surface area (Å²) < 4.78 is 69.0. The standard InChI is InChI=1S/2C11H10I.C6BF5O3/c2*1-12-11-8-4-6-9-5-2-3-7-10(9)11;8-1-2(9)4(11)6(15-7(13)14)5(12)3(1)10/h2*2-8H,1H3;/q2*+1;-2. The Hall–Kier alpha value is -2.49. The molecule has 0 saturated carbocycles. The zero-order valence-electron chi connectivity index (χ0n) is 20.5. The third-order valence-electron chi connectivity index (χ3n) is 5.26. The van der Waals surface area contributed by atoms with Crippen molar-refractivity contribution in [2.75, 3.05) is 9.86 Å². The Bertz CT molecular complexity index is 1450. The van der Waals surface area contributed by atoms with Crippen molar-refractivity contribution >= 4 is 28.9 Å². The molecule has 0 bridgehead atoms. The molecule has 0 atom stereocenters. The lowest BCUT2D eigenvalue weighted by Gasteiger charge is -2.27. The highest BCUT2D eigenvalue weighted by atomic mass is 127. The number of alkyl halides is 2. The van der Waals surface area contributed by atoms with Crippen LogP contribution in [0.3, 0.4) is 0 Å². The lowest BCUT2D eigenvalue weighted by molar-refractivity contribution is -0.595. The number of hydrogen-bond acceptors (Lipinski definition) is 3. The fourth-order valence-corrected chi connectivity index (χ4v) is 6.76. The minimum Gasteiger partial charge on any atom is -0.860 e. The van der Waals surface area contributed by atoms with Crippen molar-refractivity contribution in [1.29, 1.82) is 0 Å². The van der Waals surface area contributed by atoms with Gasteiger partial charge in [0.1, 0.15) is 17.2 Å². The molecule has 0 heterocycles. The van der Waals surface area contributed by atoms with Gasteiger partial charge in [-0.2, -0.15) is 8.78 Å². The first-order valence-electron chi connectivity index (χ1n) is 11.1. The van der Waals surface area contributed by atoms with Crippen LogP contribution in [0.4, 0.5) is 22.0 Å². The molecule has 5 rings (SSSR count). The van der Waals surface area contributed by atoms with Gasteiger partial charge in [-0.3, -0.25) is 0 Å². The van der Waals surface area contributed by atoms with E-state index in [2.05, 4.69) is 99.4 Å². The van der Waals surface area contributed by atoms with Crippen LogP contribution in [0.2, 0.25) is 0 Å². The van der Waals surface area contributed by atoms with Gasteiger partial charge in [-0.25, -0.2) is 13.2 Å². The summed E-state index contributed by atoms with van der Waals surface area (Å²) in [6.07, 6.45) is 0. The highest BCUT2D eigenvalue weighted by Gasteiger charge is 2.26. The number of halogens is 7. The summed E-state index contributed by atoms with van der Waals surface area (Å²) in [6.45, 7) is 0. The summed E-state index contributed by atoms with van der Waals surface area (Å²) in [4.78, 5) is 4.61. The Morgan fingerprint density at radius 1 is 0.538 bits per heavy atom. The second-order valence-electron chi connectivity index (χ2n) is 7.61. The van der Waals surface area contributed by atoms with E-state index in [0.29, 0.717) is 0 Å². The quantitative estimate of drug-likeness (QED) is 0.0586. The minimum absolute atomic E-state index is 0.207. The molecule has 0 aliphatic carbocycles. The van der Waals surface area contributed by atoms with Crippen LogP contribution in [0.5, 0.6) is 5.75 Å². The highest BCUT2D eigenvalue weighted by Crippen LogP contribution is 2.28. The smallest absolute Gasteiger partial charge is 0.310 e. The molecule has 0 aliphatic rings. The fourth-order valence-electron chi connectivity index (χ4n) is 3.49. The molecule has 202 valence electrons. The van der Waals surface area contributed by atoms with Gasteiger partial charge in [0.15, 0.2) is 12.9 Å². The van der Waals surface area contributed by atoms with Crippen molar-refractivity contribution in [3.63, 3.8) is 0 Å². The van der Waals surface area contributed by atoms with Gasteiger partial charge >= 0.3 is 42.4 Å². The zero-order valence-corrected chi connectivity index (χ0v) is 24.8. The summed E-state index contributed by atoms with van der Waals surface area (Å²) in [6, 6.07) is 30.4. The Kier molecular flexibility index (Phi) is 11.8. The molecule has 0 spiro atoms. The van der Waals surface area contributed by atoms with Gasteiger partial charge in [0.2, 0.25) is 29.1 Å². The highest BCUT2D eigenvalue weighted by molar-refractivity contribution is 6.29. The average molecular weight is 764 g/mol. The van der Waals surface area contributed by atoms with Gasteiger partial charge in [0.25, 0.3) is 0 Å². The van der Waals surface area contributed by atoms with E-state index >= 15 is 0 Å². The molecule has 5 aromatic carbocycles. The van der Waals surface area contributed by atoms with Gasteiger partial charge in [-0.15, -0.1) is 0 Å². The van der Waals surface area contributed by atoms with E-state index in [1.54, 1.807) is 7.14 Å². The van der Waals surface area contributed by atoms with Crippen LogP contribution in [0.15, 0.2) is 84.9 Å². The summed E-state index contributed by atoms with van der Waals surface area (Å²) in [5, 5.41) is 25.3. The van der Waals surface area contributed by atoms with Crippen molar-refractivity contribution in [2.24, 2.45) is 0 Å². The van der Waals surface area contributed by atoms with Crippen LogP contribution in [-0.2, 0) is 0 Å². The maximum absolute atomic E-state index is 12.6. The van der Waals surface area contributed by atoms with Crippen LogP contribution >= 0.6 is 0 Å². The molecule has 11 heteroatoms. The first-order chi connectivity index (χ1) is 18.7. The molecule has 3 nitrogen and oxygen atoms in total.